The van der Waals surface area contributed by atoms with E-state index in [1.165, 1.54) is 0 Å². The molecule has 1 amide bonds. The molecule has 0 saturated carbocycles. The second-order valence-corrected chi connectivity index (χ2v) is 6.28. The lowest BCUT2D eigenvalue weighted by molar-refractivity contribution is -0.116. The maximum absolute atomic E-state index is 11.9. The van der Waals surface area contributed by atoms with Gasteiger partial charge in [0.2, 0.25) is 5.91 Å². The zero-order valence-corrected chi connectivity index (χ0v) is 13.3. The van der Waals surface area contributed by atoms with E-state index in [4.69, 9.17) is 0 Å². The number of nitrogens with zero attached hydrogens (tertiary/aromatic N) is 3. The van der Waals surface area contributed by atoms with Crippen LogP contribution in [0.4, 0.5) is 5.69 Å². The molecule has 6 heteroatoms. The van der Waals surface area contributed by atoms with Gasteiger partial charge in [-0.25, -0.2) is 4.98 Å². The zero-order chi connectivity index (χ0) is 15.6. The topological polar surface area (TPSA) is 71.8 Å². The number of hydrogen-bond acceptors (Lipinski definition) is 4. The van der Waals surface area contributed by atoms with E-state index >= 15 is 0 Å². The van der Waals surface area contributed by atoms with E-state index in [0.29, 0.717) is 18.7 Å². The van der Waals surface area contributed by atoms with Gasteiger partial charge < -0.3 is 10.6 Å². The van der Waals surface area contributed by atoms with Crippen LogP contribution in [-0.2, 0) is 11.8 Å². The summed E-state index contributed by atoms with van der Waals surface area (Å²) in [6.45, 7) is 8.82. The maximum Gasteiger partial charge on any atom is 0.225 e. The second-order valence-electron chi connectivity index (χ2n) is 6.28. The van der Waals surface area contributed by atoms with E-state index < -0.39 is 0 Å². The van der Waals surface area contributed by atoms with Gasteiger partial charge >= 0.3 is 0 Å². The predicted octanol–water partition coefficient (Wildman–Crippen LogP) is 1.99. The summed E-state index contributed by atoms with van der Waals surface area (Å²) in [7, 11) is 1.86. The monoisotopic (exact) mass is 289 g/mol. The maximum atomic E-state index is 11.9. The van der Waals surface area contributed by atoms with Crippen LogP contribution in [-0.4, -0.2) is 32.8 Å². The third-order valence-corrected chi connectivity index (χ3v) is 3.15. The number of carbonyl (C=O) groups excluding carboxylic acids is 1. The Labute approximate surface area is 124 Å². The van der Waals surface area contributed by atoms with Crippen LogP contribution in [0.15, 0.2) is 12.3 Å². The SMILES string of the molecule is Cc1nn(C)c2ncc(NC(=O)CCNC(C)(C)C)cc12. The van der Waals surface area contributed by atoms with Gasteiger partial charge in [0.1, 0.15) is 0 Å². The molecule has 0 aliphatic heterocycles. The molecule has 114 valence electrons. The minimum Gasteiger partial charge on any atom is -0.325 e. The van der Waals surface area contributed by atoms with Crippen molar-refractivity contribution < 1.29 is 4.79 Å². The van der Waals surface area contributed by atoms with Crippen molar-refractivity contribution in [3.8, 4) is 0 Å². The molecular weight excluding hydrogens is 266 g/mol. The lowest BCUT2D eigenvalue weighted by Crippen LogP contribution is -2.37. The van der Waals surface area contributed by atoms with Gasteiger partial charge in [0.05, 0.1) is 17.6 Å². The molecule has 0 bridgehead atoms. The summed E-state index contributed by atoms with van der Waals surface area (Å²) in [5.41, 5.74) is 2.46. The highest BCUT2D eigenvalue weighted by atomic mass is 16.1. The summed E-state index contributed by atoms with van der Waals surface area (Å²) in [4.78, 5) is 16.3. The number of amides is 1. The van der Waals surface area contributed by atoms with Crippen LogP contribution in [0, 0.1) is 6.92 Å². The molecule has 2 heterocycles. The van der Waals surface area contributed by atoms with E-state index in [1.54, 1.807) is 10.9 Å². The van der Waals surface area contributed by atoms with Crippen molar-refractivity contribution in [2.24, 2.45) is 7.05 Å². The molecule has 0 aliphatic carbocycles. The zero-order valence-electron chi connectivity index (χ0n) is 13.3. The molecule has 2 rings (SSSR count). The fourth-order valence-electron chi connectivity index (χ4n) is 2.15. The number of pyridine rings is 1. The number of aromatic nitrogens is 3. The van der Waals surface area contributed by atoms with Crippen LogP contribution in [0.5, 0.6) is 0 Å². The number of anilines is 1. The smallest absolute Gasteiger partial charge is 0.225 e. The molecule has 0 spiro atoms. The van der Waals surface area contributed by atoms with E-state index in [0.717, 1.165) is 16.7 Å². The van der Waals surface area contributed by atoms with Gasteiger partial charge in [0.25, 0.3) is 0 Å². The molecular formula is C15H23N5O. The molecule has 2 aromatic rings. The molecule has 2 aromatic heterocycles. The highest BCUT2D eigenvalue weighted by molar-refractivity contribution is 5.93. The molecule has 0 aliphatic rings. The highest BCUT2D eigenvalue weighted by Gasteiger charge is 2.11. The number of fused-ring (bicyclic) bond motifs is 1. The first-order chi connectivity index (χ1) is 9.76. The third kappa shape index (κ3) is 4.01. The molecule has 0 aromatic carbocycles. The summed E-state index contributed by atoms with van der Waals surface area (Å²) in [6.07, 6.45) is 2.10. The first-order valence-corrected chi connectivity index (χ1v) is 7.10. The molecule has 0 unspecified atom stereocenters. The molecule has 0 radical (unpaired) electrons. The number of rotatable bonds is 4. The van der Waals surface area contributed by atoms with Crippen LogP contribution in [0.2, 0.25) is 0 Å². The number of carbonyl (C=O) groups is 1. The van der Waals surface area contributed by atoms with E-state index in [9.17, 15) is 4.79 Å². The van der Waals surface area contributed by atoms with Crippen LogP contribution in [0.1, 0.15) is 32.9 Å². The van der Waals surface area contributed by atoms with Gasteiger partial charge in [-0.1, -0.05) is 0 Å². The molecule has 0 saturated heterocycles. The highest BCUT2D eigenvalue weighted by Crippen LogP contribution is 2.19. The van der Waals surface area contributed by atoms with Gasteiger partial charge in [0.15, 0.2) is 5.65 Å². The molecule has 2 N–H and O–H groups in total. The average Bonchev–Trinajstić information content (AvgIpc) is 2.63. The third-order valence-electron chi connectivity index (χ3n) is 3.15. The Kier molecular flexibility index (Phi) is 4.27. The van der Waals surface area contributed by atoms with Crippen molar-refractivity contribution in [3.63, 3.8) is 0 Å². The largest absolute Gasteiger partial charge is 0.325 e. The molecule has 21 heavy (non-hydrogen) atoms. The van der Waals surface area contributed by atoms with Crippen LogP contribution in [0.3, 0.4) is 0 Å². The standard InChI is InChI=1S/C15H23N5O/c1-10-12-8-11(9-16-14(12)20(5)19-10)18-13(21)6-7-17-15(2,3)4/h8-9,17H,6-7H2,1-5H3,(H,18,21). The Morgan fingerprint density at radius 2 is 2.10 bits per heavy atom. The molecule has 0 fully saturated rings. The Balaban J connectivity index is 2.00. The summed E-state index contributed by atoms with van der Waals surface area (Å²) < 4.78 is 1.74. The van der Waals surface area contributed by atoms with Crippen molar-refractivity contribution >= 4 is 22.6 Å². The van der Waals surface area contributed by atoms with Crippen LogP contribution < -0.4 is 10.6 Å². The summed E-state index contributed by atoms with van der Waals surface area (Å²) in [6, 6.07) is 1.92. The Hall–Kier alpha value is -1.95. The van der Waals surface area contributed by atoms with Crippen LogP contribution >= 0.6 is 0 Å². The van der Waals surface area contributed by atoms with Crippen molar-refractivity contribution in [1.29, 1.82) is 0 Å². The molecule has 6 nitrogen and oxygen atoms in total. The first-order valence-electron chi connectivity index (χ1n) is 7.10. The summed E-state index contributed by atoms with van der Waals surface area (Å²) in [5, 5.41) is 11.4. The van der Waals surface area contributed by atoms with Crippen molar-refractivity contribution in [2.45, 2.75) is 39.7 Å². The van der Waals surface area contributed by atoms with Gasteiger partial charge in [-0.2, -0.15) is 5.10 Å². The number of aryl methyl sites for hydroxylation is 2. The normalized spacial score (nSPS) is 11.9. The number of hydrogen-bond donors (Lipinski definition) is 2. The quantitative estimate of drug-likeness (QED) is 0.903. The Morgan fingerprint density at radius 1 is 1.38 bits per heavy atom. The van der Waals surface area contributed by atoms with Crippen LogP contribution in [0.25, 0.3) is 11.0 Å². The van der Waals surface area contributed by atoms with Gasteiger partial charge in [0, 0.05) is 30.9 Å². The minimum atomic E-state index is -0.0190. The minimum absolute atomic E-state index is 0.0190. The van der Waals surface area contributed by atoms with E-state index in [1.807, 2.05) is 20.0 Å². The molecule has 0 atom stereocenters. The van der Waals surface area contributed by atoms with Crippen molar-refractivity contribution in [2.75, 3.05) is 11.9 Å². The average molecular weight is 289 g/mol. The second kappa shape index (κ2) is 5.81. The van der Waals surface area contributed by atoms with Gasteiger partial charge in [-0.05, 0) is 33.8 Å². The summed E-state index contributed by atoms with van der Waals surface area (Å²) >= 11 is 0. The first kappa shape index (κ1) is 15.4. The fourth-order valence-corrected chi connectivity index (χ4v) is 2.15. The predicted molar refractivity (Wildman–Crippen MR) is 84.2 cm³/mol. The summed E-state index contributed by atoms with van der Waals surface area (Å²) in [5.74, 6) is -0.0190. The van der Waals surface area contributed by atoms with E-state index in [-0.39, 0.29) is 11.4 Å². The van der Waals surface area contributed by atoms with Gasteiger partial charge in [-0.3, -0.25) is 9.48 Å². The van der Waals surface area contributed by atoms with E-state index in [2.05, 4.69) is 41.5 Å². The fraction of sp³-hybridized carbons (Fsp3) is 0.533. The van der Waals surface area contributed by atoms with Gasteiger partial charge in [-0.15, -0.1) is 0 Å². The number of nitrogens with one attached hydrogen (secondary N) is 2. The lowest BCUT2D eigenvalue weighted by Gasteiger charge is -2.20. The Morgan fingerprint density at radius 3 is 2.76 bits per heavy atom. The lowest BCUT2D eigenvalue weighted by atomic mass is 10.1. The van der Waals surface area contributed by atoms with Crippen molar-refractivity contribution in [3.05, 3.63) is 18.0 Å². The van der Waals surface area contributed by atoms with Crippen molar-refractivity contribution in [1.82, 2.24) is 20.1 Å². The Bertz CT molecular complexity index is 654.